The number of hydrogen-bond donors (Lipinski definition) is 0. The lowest BCUT2D eigenvalue weighted by molar-refractivity contribution is 0.0910. The van der Waals surface area contributed by atoms with Crippen LogP contribution in [0.5, 0.6) is 0 Å². The summed E-state index contributed by atoms with van der Waals surface area (Å²) in [6.07, 6.45) is 0. The minimum Gasteiger partial charge on any atom is -0.268 e. The second-order valence-electron chi connectivity index (χ2n) is 30.9. The monoisotopic (exact) mass is 1480 g/mol. The summed E-state index contributed by atoms with van der Waals surface area (Å²) >= 11 is 0. The summed E-state index contributed by atoms with van der Waals surface area (Å²) in [7, 11) is 0. The van der Waals surface area contributed by atoms with Crippen molar-refractivity contribution in [2.24, 2.45) is 0 Å². The Balaban J connectivity index is 0.830. The smallest absolute Gasteiger partial charge is 0.266 e. The normalized spacial score (nSPS) is 20.2. The Hall–Kier alpha value is -15.3. The number of carbonyl (C=O) groups excluding carboxylic acids is 12. The van der Waals surface area contributed by atoms with Crippen LogP contribution in [0.4, 0.5) is 34.1 Å². The minimum atomic E-state index is -1.01. The molecule has 114 heavy (non-hydrogen) atoms. The molecule has 0 N–H and O–H groups in total. The third kappa shape index (κ3) is 7.45. The van der Waals surface area contributed by atoms with Crippen molar-refractivity contribution >= 4 is 105 Å². The van der Waals surface area contributed by atoms with Crippen LogP contribution in [0.25, 0.3) is 0 Å². The van der Waals surface area contributed by atoms with Crippen LogP contribution in [0.1, 0.15) is 260 Å². The number of para-hydroxylation sites is 6. The quantitative estimate of drug-likeness (QED) is 0.142. The molecule has 12 amide bonds. The van der Waals surface area contributed by atoms with E-state index in [0.717, 1.165) is 29.4 Å². The van der Waals surface area contributed by atoms with Gasteiger partial charge in [0.1, 0.15) is 0 Å². The van der Waals surface area contributed by atoms with Gasteiger partial charge in [0.25, 0.3) is 70.9 Å². The number of rotatable bonds is 6. The van der Waals surface area contributed by atoms with Gasteiger partial charge >= 0.3 is 0 Å². The van der Waals surface area contributed by atoms with E-state index in [1.165, 1.54) is 0 Å². The topological polar surface area (TPSA) is 224 Å². The average Bonchev–Trinajstić information content (AvgIpc) is 0.709. The molecule has 15 aliphatic rings. The summed E-state index contributed by atoms with van der Waals surface area (Å²) in [5.74, 6) is -13.0. The first kappa shape index (κ1) is 62.6. The van der Waals surface area contributed by atoms with Gasteiger partial charge in [-0.05, 0) is 246 Å². The molecule has 0 saturated carbocycles. The molecule has 6 bridgehead atoms. The lowest BCUT2D eigenvalue weighted by atomic mass is 9.47. The van der Waals surface area contributed by atoms with Gasteiger partial charge in [-0.1, -0.05) is 109 Å². The summed E-state index contributed by atoms with van der Waals surface area (Å²) in [5, 5.41) is 0. The first-order chi connectivity index (χ1) is 55.6. The fraction of sp³-hybridized carbons (Fsp3) is 0.0625. The SMILES string of the molecule is O=C1c2cc3c(cc2C(=O)N1c1ccccc1)C1c2cc4c(cc2C3c2c3c(c5c(c21)C1c2cc6c(cc2C5c2cc5c(cc21)C(=O)N(c1ccccc1)C5=O)C(=O)N(c1ccccc1)C6=O)C1c2cc5c(cc2C3c2cc3c(cc21)C(=O)N(c1ccccc1)C3=O)C(=O)N(c1ccccc1)C5=O)C(=O)N(c1ccccc1)C4=O. The molecule has 0 spiro atoms. The van der Waals surface area contributed by atoms with Crippen LogP contribution in [-0.2, 0) is 0 Å². The molecule has 9 aliphatic carbocycles. The third-order valence-corrected chi connectivity index (χ3v) is 25.8. The van der Waals surface area contributed by atoms with E-state index >= 15 is 57.5 Å². The molecule has 18 nitrogen and oxygen atoms in total. The molecular formula is C96H48N6O12. The largest absolute Gasteiger partial charge is 0.268 e. The van der Waals surface area contributed by atoms with Crippen molar-refractivity contribution in [3.63, 3.8) is 0 Å². The molecule has 6 heterocycles. The molecule has 0 atom stereocenters. The molecule has 534 valence electrons. The summed E-state index contributed by atoms with van der Waals surface area (Å²) in [4.78, 5) is 193. The zero-order valence-electron chi connectivity index (χ0n) is 59.3. The van der Waals surface area contributed by atoms with Crippen LogP contribution in [0.3, 0.4) is 0 Å². The van der Waals surface area contributed by atoms with Crippen LogP contribution in [0, 0.1) is 0 Å². The summed E-state index contributed by atoms with van der Waals surface area (Å²) < 4.78 is 0. The third-order valence-electron chi connectivity index (χ3n) is 25.8. The highest BCUT2D eigenvalue weighted by atomic mass is 16.2. The van der Waals surface area contributed by atoms with Crippen molar-refractivity contribution in [1.82, 2.24) is 0 Å². The van der Waals surface area contributed by atoms with E-state index in [-0.39, 0.29) is 66.8 Å². The first-order valence-corrected chi connectivity index (χ1v) is 37.6. The average molecular weight is 1480 g/mol. The van der Waals surface area contributed by atoms with Crippen molar-refractivity contribution < 1.29 is 57.5 Å². The van der Waals surface area contributed by atoms with Crippen LogP contribution in [-0.4, -0.2) is 70.9 Å². The van der Waals surface area contributed by atoms with E-state index in [4.69, 9.17) is 0 Å². The van der Waals surface area contributed by atoms with Gasteiger partial charge in [-0.2, -0.15) is 0 Å². The highest BCUT2D eigenvalue weighted by Crippen LogP contribution is 2.72. The second kappa shape index (κ2) is 21.4. The molecule has 18 heteroatoms. The van der Waals surface area contributed by atoms with Crippen molar-refractivity contribution in [3.05, 3.63) is 422 Å². The van der Waals surface area contributed by atoms with Gasteiger partial charge in [-0.15, -0.1) is 0 Å². The highest BCUT2D eigenvalue weighted by Gasteiger charge is 2.60. The van der Waals surface area contributed by atoms with Crippen LogP contribution < -0.4 is 29.4 Å². The Morgan fingerprint density at radius 3 is 0.333 bits per heavy atom. The van der Waals surface area contributed by atoms with Gasteiger partial charge in [-0.3, -0.25) is 57.5 Å². The minimum absolute atomic E-state index is 0.116. The fourth-order valence-electron chi connectivity index (χ4n) is 21.4. The molecule has 6 aliphatic heterocycles. The number of amides is 12. The number of hydrogen-bond acceptors (Lipinski definition) is 12. The number of nitrogens with zero attached hydrogens (tertiary/aromatic N) is 6. The van der Waals surface area contributed by atoms with E-state index in [1.807, 2.05) is 0 Å². The Morgan fingerprint density at radius 2 is 0.237 bits per heavy atom. The maximum atomic E-state index is 15.5. The van der Waals surface area contributed by atoms with E-state index in [1.54, 1.807) is 255 Å². The van der Waals surface area contributed by atoms with Crippen LogP contribution in [0.2, 0.25) is 0 Å². The summed E-state index contributed by atoms with van der Waals surface area (Å²) in [5.41, 5.74) is 14.8. The lowest BCUT2D eigenvalue weighted by Crippen LogP contribution is -2.41. The molecule has 0 radical (unpaired) electrons. The molecule has 0 unspecified atom stereocenters. The number of fused-ring (bicyclic) bond motifs is 6. The number of anilines is 6. The number of imide groups is 6. The molecule has 0 fully saturated rings. The molecule has 0 saturated heterocycles. The molecular weight excluding hydrogens is 1430 g/mol. The van der Waals surface area contributed by atoms with Crippen molar-refractivity contribution in [2.45, 2.75) is 35.5 Å². The fourth-order valence-corrected chi connectivity index (χ4v) is 21.4. The highest BCUT2D eigenvalue weighted by molar-refractivity contribution is 6.39. The Morgan fingerprint density at radius 1 is 0.140 bits per heavy atom. The zero-order chi connectivity index (χ0) is 76.3. The summed E-state index contributed by atoms with van der Waals surface area (Å²) in [6.45, 7) is 0. The van der Waals surface area contributed by atoms with Gasteiger partial charge in [0.15, 0.2) is 0 Å². The van der Waals surface area contributed by atoms with Gasteiger partial charge in [0, 0.05) is 35.5 Å². The van der Waals surface area contributed by atoms with Crippen molar-refractivity contribution in [3.8, 4) is 0 Å². The Labute approximate surface area is 645 Å². The second-order valence-corrected chi connectivity index (χ2v) is 30.9. The van der Waals surface area contributed by atoms with Crippen LogP contribution >= 0.6 is 0 Å². The standard InChI is InChI=1S/C96H48N6O12/c103-85-61-31-49-50(32-62(61)86(104)97(85)43-19-7-1-8-20-43)74-52-34-64-63(87(105)98(88(64)106)44-21-9-2-10-22-44)33-51(52)73(49)79-80(74)82-76-55-37-67-71(95(113)101(91(67)109)47-27-15-5-16-28-47)41-59(55)78(60-42-72-68(38-56(60)76)92(110)102(96(72)114)48-29-17-6-18-30-48)84(82)83-77-57-39-69-65(89(107)99(93(69)111)45-23-11-3-12-24-45)35-53(57)75(81(79)83)54-36-66-70(40-58(54)77)94(112)100(90(66)108)46-25-13-4-14-26-46/h1-42,73-78H. The van der Waals surface area contributed by atoms with Gasteiger partial charge in [0.05, 0.1) is 101 Å². The zero-order valence-corrected chi connectivity index (χ0v) is 59.3. The van der Waals surface area contributed by atoms with E-state index in [9.17, 15) is 0 Å². The van der Waals surface area contributed by atoms with E-state index in [2.05, 4.69) is 0 Å². The van der Waals surface area contributed by atoms with Crippen LogP contribution in [0.15, 0.2) is 255 Å². The van der Waals surface area contributed by atoms with Gasteiger partial charge in [-0.25, -0.2) is 29.4 Å². The predicted molar refractivity (Wildman–Crippen MR) is 416 cm³/mol. The molecule has 0 aromatic heterocycles. The van der Waals surface area contributed by atoms with Crippen molar-refractivity contribution in [2.75, 3.05) is 29.4 Å². The molecule has 13 aromatic rings. The maximum Gasteiger partial charge on any atom is 0.266 e. The maximum absolute atomic E-state index is 15.5. The molecule has 13 aromatic carbocycles. The van der Waals surface area contributed by atoms with Gasteiger partial charge < -0.3 is 0 Å². The Bertz CT molecular complexity index is 5700. The van der Waals surface area contributed by atoms with Crippen molar-refractivity contribution in [1.29, 1.82) is 0 Å². The number of carbonyl (C=O) groups is 12. The van der Waals surface area contributed by atoms with E-state index < -0.39 is 106 Å². The molecule has 28 rings (SSSR count). The number of benzene rings is 13. The Kier molecular flexibility index (Phi) is 11.7. The van der Waals surface area contributed by atoms with Gasteiger partial charge in [0.2, 0.25) is 0 Å². The summed E-state index contributed by atoms with van der Waals surface area (Å²) in [6, 6.07) is 73.3. The predicted octanol–water partition coefficient (Wildman–Crippen LogP) is 15.5. The lowest BCUT2D eigenvalue weighted by Gasteiger charge is -2.55. The van der Waals surface area contributed by atoms with E-state index in [0.29, 0.717) is 134 Å². The first-order valence-electron chi connectivity index (χ1n) is 37.6.